The van der Waals surface area contributed by atoms with Crippen molar-refractivity contribution in [2.45, 2.75) is 6.04 Å². The van der Waals surface area contributed by atoms with Crippen LogP contribution in [0.25, 0.3) is 0 Å². The average Bonchev–Trinajstić information content (AvgIpc) is 3.17. The third-order valence-corrected chi connectivity index (χ3v) is 5.23. The highest BCUT2D eigenvalue weighted by Gasteiger charge is 2.24. The van der Waals surface area contributed by atoms with Gasteiger partial charge in [0.1, 0.15) is 0 Å². The second-order valence-corrected chi connectivity index (χ2v) is 7.00. The number of amides is 1. The number of ether oxygens (including phenoxy) is 1. The van der Waals surface area contributed by atoms with Gasteiger partial charge in [-0.25, -0.2) is 4.39 Å². The fraction of sp³-hybridized carbons (Fsp3) is 0.389. The molecule has 3 rings (SSSR count). The number of nitrogens with zero attached hydrogens (tertiary/aromatic N) is 1. The second-order valence-electron chi connectivity index (χ2n) is 5.78. The molecule has 1 aromatic carbocycles. The molecule has 0 aliphatic carbocycles. The van der Waals surface area contributed by atoms with Crippen LogP contribution in [0.4, 0.5) is 4.39 Å². The second kappa shape index (κ2) is 8.40. The Morgan fingerprint density at radius 1 is 1.40 bits per heavy atom. The first-order valence-electron chi connectivity index (χ1n) is 8.14. The van der Waals surface area contributed by atoms with Crippen molar-refractivity contribution in [3.63, 3.8) is 0 Å². The highest BCUT2D eigenvalue weighted by atomic mass is 32.2. The van der Waals surface area contributed by atoms with Crippen molar-refractivity contribution in [3.8, 4) is 5.75 Å². The molecule has 1 N–H and O–H groups in total. The molecule has 0 saturated carbocycles. The van der Waals surface area contributed by atoms with Crippen molar-refractivity contribution >= 4 is 17.7 Å². The van der Waals surface area contributed by atoms with Gasteiger partial charge in [0, 0.05) is 42.3 Å². The lowest BCUT2D eigenvalue weighted by atomic mass is 10.1. The zero-order chi connectivity index (χ0) is 17.6. The number of hydrogen-bond acceptors (Lipinski definition) is 5. The molecule has 134 valence electrons. The Kier molecular flexibility index (Phi) is 5.99. The molecule has 1 fully saturated rings. The van der Waals surface area contributed by atoms with Gasteiger partial charge in [-0.05, 0) is 24.3 Å². The van der Waals surface area contributed by atoms with E-state index in [9.17, 15) is 9.18 Å². The lowest BCUT2D eigenvalue weighted by molar-refractivity contribution is 0.0934. The molecule has 1 aliphatic rings. The minimum atomic E-state index is -0.547. The van der Waals surface area contributed by atoms with Gasteiger partial charge >= 0.3 is 0 Å². The number of thioether (sulfide) groups is 1. The number of hydrogen-bond donors (Lipinski definition) is 1. The Morgan fingerprint density at radius 3 is 2.84 bits per heavy atom. The molecule has 25 heavy (non-hydrogen) atoms. The molecular formula is C18H21FN2O3S. The normalized spacial score (nSPS) is 16.4. The summed E-state index contributed by atoms with van der Waals surface area (Å²) in [5.74, 6) is 1.42. The Labute approximate surface area is 150 Å². The van der Waals surface area contributed by atoms with Crippen LogP contribution < -0.4 is 10.1 Å². The van der Waals surface area contributed by atoms with E-state index in [1.54, 1.807) is 18.6 Å². The summed E-state index contributed by atoms with van der Waals surface area (Å²) in [5, 5.41) is 2.91. The smallest absolute Gasteiger partial charge is 0.251 e. The largest absolute Gasteiger partial charge is 0.494 e. The van der Waals surface area contributed by atoms with E-state index in [2.05, 4.69) is 10.2 Å². The molecule has 2 heterocycles. The van der Waals surface area contributed by atoms with Crippen LogP contribution in [-0.4, -0.2) is 49.1 Å². The summed E-state index contributed by atoms with van der Waals surface area (Å²) in [6.45, 7) is 2.37. The predicted molar refractivity (Wildman–Crippen MR) is 95.6 cm³/mol. The maximum atomic E-state index is 13.8. The van der Waals surface area contributed by atoms with Crippen molar-refractivity contribution < 1.29 is 18.3 Å². The van der Waals surface area contributed by atoms with E-state index < -0.39 is 5.82 Å². The molecule has 1 aromatic heterocycles. The van der Waals surface area contributed by atoms with Crippen LogP contribution in [0.15, 0.2) is 41.2 Å². The summed E-state index contributed by atoms with van der Waals surface area (Å²) in [4.78, 5) is 14.7. The maximum Gasteiger partial charge on any atom is 0.251 e. The fourth-order valence-electron chi connectivity index (χ4n) is 2.91. The van der Waals surface area contributed by atoms with Gasteiger partial charge < -0.3 is 14.5 Å². The molecule has 0 bridgehead atoms. The highest BCUT2D eigenvalue weighted by Crippen LogP contribution is 2.24. The number of halogens is 1. The van der Waals surface area contributed by atoms with Gasteiger partial charge in [-0.3, -0.25) is 9.69 Å². The van der Waals surface area contributed by atoms with Gasteiger partial charge in [0.2, 0.25) is 0 Å². The Bertz CT molecular complexity index is 702. The number of benzene rings is 1. The summed E-state index contributed by atoms with van der Waals surface area (Å²) in [5.41, 5.74) is 1.31. The molecule has 0 radical (unpaired) electrons. The van der Waals surface area contributed by atoms with Crippen LogP contribution >= 0.6 is 11.8 Å². The standard InChI is InChI=1S/C18H21FN2O3S/c1-23-17-3-2-13(10-15(17)19)18(22)20-11-16(14-4-7-24-12-14)21-5-8-25-9-6-21/h2-4,7,10,12,16H,5-6,8-9,11H2,1H3,(H,20,22)/t16-/m1/s1. The molecule has 0 unspecified atom stereocenters. The van der Waals surface area contributed by atoms with Crippen LogP contribution in [0.5, 0.6) is 5.75 Å². The third kappa shape index (κ3) is 4.35. The molecule has 0 spiro atoms. The van der Waals surface area contributed by atoms with Gasteiger partial charge in [-0.1, -0.05) is 0 Å². The quantitative estimate of drug-likeness (QED) is 0.854. The number of carbonyl (C=O) groups is 1. The zero-order valence-corrected chi connectivity index (χ0v) is 14.9. The minimum Gasteiger partial charge on any atom is -0.494 e. The predicted octanol–water partition coefficient (Wildman–Crippen LogP) is 2.95. The van der Waals surface area contributed by atoms with Crippen LogP contribution in [0.3, 0.4) is 0 Å². The number of carbonyl (C=O) groups excluding carboxylic acids is 1. The molecular weight excluding hydrogens is 343 g/mol. The third-order valence-electron chi connectivity index (χ3n) is 4.28. The monoisotopic (exact) mass is 364 g/mol. The van der Waals surface area contributed by atoms with E-state index in [0.717, 1.165) is 30.2 Å². The van der Waals surface area contributed by atoms with Crippen LogP contribution in [-0.2, 0) is 0 Å². The maximum absolute atomic E-state index is 13.8. The van der Waals surface area contributed by atoms with E-state index >= 15 is 0 Å². The minimum absolute atomic E-state index is 0.0479. The first-order chi connectivity index (χ1) is 12.2. The van der Waals surface area contributed by atoms with Crippen molar-refractivity contribution in [1.29, 1.82) is 0 Å². The molecule has 1 aliphatic heterocycles. The van der Waals surface area contributed by atoms with Gasteiger partial charge in [0.05, 0.1) is 25.7 Å². The van der Waals surface area contributed by atoms with E-state index in [-0.39, 0.29) is 23.3 Å². The Morgan fingerprint density at radius 2 is 2.20 bits per heavy atom. The summed E-state index contributed by atoms with van der Waals surface area (Å²) in [6.07, 6.45) is 3.35. The number of methoxy groups -OCH3 is 1. The van der Waals surface area contributed by atoms with Crippen LogP contribution in [0.1, 0.15) is 22.0 Å². The first kappa shape index (κ1) is 17.8. The van der Waals surface area contributed by atoms with Crippen LogP contribution in [0, 0.1) is 5.82 Å². The summed E-state index contributed by atoms with van der Waals surface area (Å²) < 4.78 is 23.9. The average molecular weight is 364 g/mol. The Hall–Kier alpha value is -1.99. The molecule has 5 nitrogen and oxygen atoms in total. The van der Waals surface area contributed by atoms with Crippen LogP contribution in [0.2, 0.25) is 0 Å². The van der Waals surface area contributed by atoms with Gasteiger partial charge in [-0.2, -0.15) is 11.8 Å². The van der Waals surface area contributed by atoms with Crippen molar-refractivity contribution in [2.24, 2.45) is 0 Å². The van der Waals surface area contributed by atoms with E-state index in [1.165, 1.54) is 19.2 Å². The highest BCUT2D eigenvalue weighted by molar-refractivity contribution is 7.99. The first-order valence-corrected chi connectivity index (χ1v) is 9.30. The van der Waals surface area contributed by atoms with Crippen molar-refractivity contribution in [1.82, 2.24) is 10.2 Å². The SMILES string of the molecule is COc1ccc(C(=O)NC[C@H](c2ccoc2)N2CCSCC2)cc1F. The van der Waals surface area contributed by atoms with Gasteiger partial charge in [-0.15, -0.1) is 0 Å². The molecule has 2 aromatic rings. The number of rotatable bonds is 6. The van der Waals surface area contributed by atoms with E-state index in [1.807, 2.05) is 17.8 Å². The topological polar surface area (TPSA) is 54.7 Å². The number of nitrogens with one attached hydrogen (secondary N) is 1. The fourth-order valence-corrected chi connectivity index (χ4v) is 3.84. The Balaban J connectivity index is 1.68. The van der Waals surface area contributed by atoms with Gasteiger partial charge in [0.15, 0.2) is 11.6 Å². The lowest BCUT2D eigenvalue weighted by Crippen LogP contribution is -2.41. The number of furan rings is 1. The zero-order valence-electron chi connectivity index (χ0n) is 14.0. The summed E-state index contributed by atoms with van der Waals surface area (Å²) in [7, 11) is 1.39. The van der Waals surface area contributed by atoms with E-state index in [0.29, 0.717) is 6.54 Å². The van der Waals surface area contributed by atoms with Crippen molar-refractivity contribution in [3.05, 3.63) is 53.7 Å². The summed E-state index contributed by atoms with van der Waals surface area (Å²) in [6, 6.07) is 6.18. The molecule has 7 heteroatoms. The lowest BCUT2D eigenvalue weighted by Gasteiger charge is -2.34. The summed E-state index contributed by atoms with van der Waals surface area (Å²) >= 11 is 1.93. The molecule has 1 amide bonds. The van der Waals surface area contributed by atoms with Gasteiger partial charge in [0.25, 0.3) is 5.91 Å². The van der Waals surface area contributed by atoms with Crippen molar-refractivity contribution in [2.75, 3.05) is 38.2 Å². The molecule has 1 atom stereocenters. The molecule has 1 saturated heterocycles. The van der Waals surface area contributed by atoms with E-state index in [4.69, 9.17) is 9.15 Å².